The molecule has 0 radical (unpaired) electrons. The second-order valence-corrected chi connectivity index (χ2v) is 10.4. The van der Waals surface area contributed by atoms with Crippen molar-refractivity contribution in [3.05, 3.63) is 53.1 Å². The van der Waals surface area contributed by atoms with Crippen LogP contribution >= 0.6 is 0 Å². The number of oxazole rings is 1. The number of nitrogens with one attached hydrogen (secondary N) is 3. The molecular formula is C21H22FN5O3S. The smallest absolute Gasteiger partial charge is 0.241 e. The molecule has 2 saturated carbocycles. The zero-order valence-corrected chi connectivity index (χ0v) is 17.5. The summed E-state index contributed by atoms with van der Waals surface area (Å²) in [5.41, 5.74) is 1.34. The third kappa shape index (κ3) is 3.34. The fraction of sp³-hybridized carbons (Fsp3) is 0.429. The zero-order valence-electron chi connectivity index (χ0n) is 16.7. The average Bonchev–Trinajstić information content (AvgIpc) is 3.15. The molecule has 2 unspecified atom stereocenters. The zero-order chi connectivity index (χ0) is 21.2. The molecule has 3 heterocycles. The molecule has 6 rings (SSSR count). The fourth-order valence-electron chi connectivity index (χ4n) is 4.64. The summed E-state index contributed by atoms with van der Waals surface area (Å²) < 4.78 is 46.8. The van der Waals surface area contributed by atoms with E-state index in [-0.39, 0.29) is 22.7 Å². The van der Waals surface area contributed by atoms with Gasteiger partial charge in [-0.25, -0.2) is 22.5 Å². The Morgan fingerprint density at radius 2 is 1.94 bits per heavy atom. The molecule has 2 atom stereocenters. The quantitative estimate of drug-likeness (QED) is 0.549. The Bertz CT molecular complexity index is 1260. The maximum Gasteiger partial charge on any atom is 0.241 e. The molecule has 3 aromatic rings. The van der Waals surface area contributed by atoms with Crippen LogP contribution in [0.25, 0.3) is 0 Å². The Hall–Kier alpha value is -2.72. The molecule has 0 amide bonds. The van der Waals surface area contributed by atoms with Crippen LogP contribution in [0.15, 0.2) is 33.7 Å². The van der Waals surface area contributed by atoms with Gasteiger partial charge >= 0.3 is 0 Å². The molecule has 2 fully saturated rings. The number of aromatic amines is 1. The Morgan fingerprint density at radius 3 is 2.77 bits per heavy atom. The minimum Gasteiger partial charge on any atom is -0.445 e. The number of rotatable bonds is 5. The molecule has 0 saturated heterocycles. The highest BCUT2D eigenvalue weighted by molar-refractivity contribution is 7.89. The van der Waals surface area contributed by atoms with Gasteiger partial charge in [0.25, 0.3) is 0 Å². The second kappa shape index (κ2) is 6.89. The number of anilines is 2. The van der Waals surface area contributed by atoms with Crippen molar-refractivity contribution in [2.24, 2.45) is 0 Å². The number of hydrogen-bond donors (Lipinski definition) is 3. The summed E-state index contributed by atoms with van der Waals surface area (Å²) in [6.45, 7) is -0.0441. The topological polar surface area (TPSA) is 113 Å². The van der Waals surface area contributed by atoms with E-state index in [9.17, 15) is 12.8 Å². The van der Waals surface area contributed by atoms with Crippen molar-refractivity contribution in [1.82, 2.24) is 19.9 Å². The molecule has 0 spiro atoms. The summed E-state index contributed by atoms with van der Waals surface area (Å²) in [7, 11) is -3.61. The first-order valence-electron chi connectivity index (χ1n) is 10.6. The van der Waals surface area contributed by atoms with Crippen molar-refractivity contribution in [2.45, 2.75) is 61.3 Å². The Balaban J connectivity index is 1.16. The Kier molecular flexibility index (Phi) is 4.23. The van der Waals surface area contributed by atoms with Gasteiger partial charge in [-0.3, -0.25) is 5.10 Å². The number of sulfonamides is 1. The van der Waals surface area contributed by atoms with E-state index in [1.807, 2.05) is 12.3 Å². The van der Waals surface area contributed by atoms with E-state index < -0.39 is 15.8 Å². The molecule has 1 aromatic carbocycles. The molecule has 162 valence electrons. The summed E-state index contributed by atoms with van der Waals surface area (Å²) >= 11 is 0. The standard InChI is InChI=1S/C21H22FN5O3S/c22-20-14-9-24-31(28,29)18(14)6-5-15(20)25-19-8-16(26-27-19)12-3-4-13(7-12)21-23-10-17(30-21)11-1-2-11/h5-6,8,10-13,24H,1-4,7,9H2,(H2,25,26,27). The number of H-pyrrole nitrogens is 1. The molecular weight excluding hydrogens is 421 g/mol. The van der Waals surface area contributed by atoms with E-state index in [1.165, 1.54) is 25.0 Å². The van der Waals surface area contributed by atoms with Gasteiger partial charge in [0, 0.05) is 41.6 Å². The van der Waals surface area contributed by atoms with Crippen LogP contribution in [0.1, 0.15) is 72.8 Å². The Morgan fingerprint density at radius 1 is 1.13 bits per heavy atom. The van der Waals surface area contributed by atoms with Crippen molar-refractivity contribution < 1.29 is 17.2 Å². The summed E-state index contributed by atoms with van der Waals surface area (Å²) in [5.74, 6) is 2.96. The molecule has 3 N–H and O–H groups in total. The van der Waals surface area contributed by atoms with Crippen LogP contribution in [-0.2, 0) is 16.6 Å². The largest absolute Gasteiger partial charge is 0.445 e. The molecule has 8 nitrogen and oxygen atoms in total. The van der Waals surface area contributed by atoms with E-state index in [2.05, 4.69) is 25.2 Å². The predicted octanol–water partition coefficient (Wildman–Crippen LogP) is 4.00. The van der Waals surface area contributed by atoms with Crippen molar-refractivity contribution in [2.75, 3.05) is 5.32 Å². The van der Waals surface area contributed by atoms with Crippen molar-refractivity contribution in [3.8, 4) is 0 Å². The number of hydrogen-bond acceptors (Lipinski definition) is 6. The highest BCUT2D eigenvalue weighted by Gasteiger charge is 2.34. The van der Waals surface area contributed by atoms with Crippen molar-refractivity contribution >= 4 is 21.5 Å². The third-order valence-corrected chi connectivity index (χ3v) is 8.02. The highest BCUT2D eigenvalue weighted by atomic mass is 32.2. The molecule has 0 bridgehead atoms. The molecule has 2 aromatic heterocycles. The first-order chi connectivity index (χ1) is 15.0. The number of aromatic nitrogens is 3. The van der Waals surface area contributed by atoms with Gasteiger partial charge in [-0.1, -0.05) is 0 Å². The summed E-state index contributed by atoms with van der Waals surface area (Å²) in [4.78, 5) is 4.49. The lowest BCUT2D eigenvalue weighted by molar-refractivity contribution is 0.418. The third-order valence-electron chi connectivity index (χ3n) is 6.53. The van der Waals surface area contributed by atoms with Gasteiger partial charge < -0.3 is 9.73 Å². The maximum atomic E-state index is 14.8. The van der Waals surface area contributed by atoms with Crippen LogP contribution in [0, 0.1) is 5.82 Å². The van der Waals surface area contributed by atoms with E-state index in [1.54, 1.807) is 0 Å². The van der Waals surface area contributed by atoms with Gasteiger partial charge in [0.2, 0.25) is 10.0 Å². The van der Waals surface area contributed by atoms with Gasteiger partial charge in [-0.2, -0.15) is 5.10 Å². The normalized spacial score (nSPS) is 24.4. The predicted molar refractivity (Wildman–Crippen MR) is 110 cm³/mol. The first-order valence-corrected chi connectivity index (χ1v) is 12.1. The fourth-order valence-corrected chi connectivity index (χ4v) is 5.87. The van der Waals surface area contributed by atoms with Gasteiger partial charge in [0.15, 0.2) is 17.5 Å². The molecule has 1 aliphatic heterocycles. The second-order valence-electron chi connectivity index (χ2n) is 8.64. The van der Waals surface area contributed by atoms with Gasteiger partial charge in [-0.05, 0) is 44.2 Å². The molecule has 2 aliphatic carbocycles. The van der Waals surface area contributed by atoms with Gasteiger partial charge in [-0.15, -0.1) is 0 Å². The van der Waals surface area contributed by atoms with Gasteiger partial charge in [0.05, 0.1) is 16.8 Å². The highest BCUT2D eigenvalue weighted by Crippen LogP contribution is 2.46. The van der Waals surface area contributed by atoms with Crippen molar-refractivity contribution in [3.63, 3.8) is 0 Å². The number of benzene rings is 1. The lowest BCUT2D eigenvalue weighted by Gasteiger charge is -2.08. The van der Waals surface area contributed by atoms with Crippen LogP contribution in [0.5, 0.6) is 0 Å². The van der Waals surface area contributed by atoms with Crippen LogP contribution in [-0.4, -0.2) is 23.6 Å². The van der Waals surface area contributed by atoms with Crippen LogP contribution in [0.3, 0.4) is 0 Å². The number of nitrogens with zero attached hydrogens (tertiary/aromatic N) is 2. The molecule has 3 aliphatic rings. The summed E-state index contributed by atoms with van der Waals surface area (Å²) in [6, 6.07) is 4.73. The van der Waals surface area contributed by atoms with E-state index >= 15 is 0 Å². The minimum absolute atomic E-state index is 0.00774. The van der Waals surface area contributed by atoms with Crippen LogP contribution in [0.2, 0.25) is 0 Å². The van der Waals surface area contributed by atoms with Gasteiger partial charge in [0.1, 0.15) is 5.76 Å². The summed E-state index contributed by atoms with van der Waals surface area (Å²) in [5, 5.41) is 10.3. The lowest BCUT2D eigenvalue weighted by Crippen LogP contribution is -2.13. The van der Waals surface area contributed by atoms with E-state index in [4.69, 9.17) is 4.42 Å². The molecule has 31 heavy (non-hydrogen) atoms. The Labute approximate surface area is 178 Å². The summed E-state index contributed by atoms with van der Waals surface area (Å²) in [6.07, 6.45) is 7.22. The van der Waals surface area contributed by atoms with Crippen LogP contribution in [0.4, 0.5) is 15.9 Å². The average molecular weight is 444 g/mol. The van der Waals surface area contributed by atoms with Crippen LogP contribution < -0.4 is 10.0 Å². The van der Waals surface area contributed by atoms with Crippen molar-refractivity contribution in [1.29, 1.82) is 0 Å². The van der Waals surface area contributed by atoms with E-state index in [0.717, 1.165) is 36.6 Å². The number of halogens is 1. The first kappa shape index (κ1) is 19.0. The molecule has 10 heteroatoms. The minimum atomic E-state index is -3.61. The number of fused-ring (bicyclic) bond motifs is 1. The SMILES string of the molecule is O=S1(=O)NCc2c1ccc(Nc1cc(C3CCC(c4ncc(C5CC5)o4)C3)[nH]n1)c2F. The maximum absolute atomic E-state index is 14.8. The van der Waals surface area contributed by atoms with E-state index in [0.29, 0.717) is 23.6 Å². The lowest BCUT2D eigenvalue weighted by atomic mass is 10.0. The monoisotopic (exact) mass is 443 g/mol.